The summed E-state index contributed by atoms with van der Waals surface area (Å²) >= 11 is 0. The summed E-state index contributed by atoms with van der Waals surface area (Å²) in [6.07, 6.45) is 1.85. The molecule has 0 saturated carbocycles. The van der Waals surface area contributed by atoms with Crippen LogP contribution in [-0.4, -0.2) is 20.1 Å². The molecule has 5 heteroatoms. The van der Waals surface area contributed by atoms with E-state index >= 15 is 0 Å². The van der Waals surface area contributed by atoms with Crippen molar-refractivity contribution >= 4 is 5.91 Å². The zero-order valence-electron chi connectivity index (χ0n) is 13.8. The van der Waals surface area contributed by atoms with Crippen molar-refractivity contribution in [2.75, 3.05) is 14.2 Å². The molecule has 0 bridgehead atoms. The lowest BCUT2D eigenvalue weighted by Gasteiger charge is -2.15. The van der Waals surface area contributed by atoms with Gasteiger partial charge in [0.1, 0.15) is 5.82 Å². The third kappa shape index (κ3) is 3.35. The molecule has 4 nitrogen and oxygen atoms in total. The first kappa shape index (κ1) is 16.3. The van der Waals surface area contributed by atoms with Crippen molar-refractivity contribution in [1.82, 2.24) is 5.32 Å². The van der Waals surface area contributed by atoms with Crippen molar-refractivity contribution in [1.29, 1.82) is 0 Å². The van der Waals surface area contributed by atoms with E-state index in [1.54, 1.807) is 38.5 Å². The molecule has 0 aliphatic heterocycles. The molecule has 24 heavy (non-hydrogen) atoms. The smallest absolute Gasteiger partial charge is 0.224 e. The fourth-order valence-electron chi connectivity index (χ4n) is 3.16. The van der Waals surface area contributed by atoms with Gasteiger partial charge in [-0.15, -0.1) is 0 Å². The highest BCUT2D eigenvalue weighted by molar-refractivity contribution is 5.79. The number of nitrogens with one attached hydrogen (secondary N) is 1. The van der Waals surface area contributed by atoms with Gasteiger partial charge >= 0.3 is 0 Å². The Hall–Kier alpha value is -2.56. The van der Waals surface area contributed by atoms with E-state index < -0.39 is 0 Å². The minimum atomic E-state index is -0.231. The Morgan fingerprint density at radius 2 is 1.96 bits per heavy atom. The predicted molar refractivity (Wildman–Crippen MR) is 88.9 cm³/mol. The van der Waals surface area contributed by atoms with Crippen LogP contribution in [0.3, 0.4) is 0 Å². The SMILES string of the molecule is COc1ccc(CC(=O)NC2CCc3cc(F)ccc32)cc1OC. The van der Waals surface area contributed by atoms with Crippen molar-refractivity contribution in [3.63, 3.8) is 0 Å². The quantitative estimate of drug-likeness (QED) is 0.916. The average Bonchev–Trinajstić information content (AvgIpc) is 2.96. The molecule has 1 amide bonds. The van der Waals surface area contributed by atoms with Crippen LogP contribution in [0.4, 0.5) is 4.39 Å². The van der Waals surface area contributed by atoms with E-state index in [0.29, 0.717) is 11.5 Å². The van der Waals surface area contributed by atoms with Gasteiger partial charge in [-0.1, -0.05) is 12.1 Å². The van der Waals surface area contributed by atoms with Gasteiger partial charge in [-0.2, -0.15) is 0 Å². The molecule has 0 heterocycles. The van der Waals surface area contributed by atoms with Crippen LogP contribution >= 0.6 is 0 Å². The minimum absolute atomic E-state index is 0.0479. The van der Waals surface area contributed by atoms with E-state index in [-0.39, 0.29) is 24.2 Å². The van der Waals surface area contributed by atoms with Gasteiger partial charge < -0.3 is 14.8 Å². The van der Waals surface area contributed by atoms with Gasteiger partial charge in [0.05, 0.1) is 26.7 Å². The van der Waals surface area contributed by atoms with E-state index in [1.165, 1.54) is 6.07 Å². The number of methoxy groups -OCH3 is 2. The fourth-order valence-corrected chi connectivity index (χ4v) is 3.16. The van der Waals surface area contributed by atoms with Crippen molar-refractivity contribution in [3.05, 3.63) is 58.9 Å². The molecule has 1 unspecified atom stereocenters. The molecule has 0 saturated heterocycles. The van der Waals surface area contributed by atoms with Gasteiger partial charge in [-0.3, -0.25) is 4.79 Å². The van der Waals surface area contributed by atoms with Gasteiger partial charge in [-0.05, 0) is 53.8 Å². The number of rotatable bonds is 5. The Balaban J connectivity index is 1.67. The van der Waals surface area contributed by atoms with Crippen LogP contribution in [-0.2, 0) is 17.6 Å². The molecule has 0 spiro atoms. The third-order valence-corrected chi connectivity index (χ3v) is 4.33. The molecule has 0 aromatic heterocycles. The maximum atomic E-state index is 13.3. The van der Waals surface area contributed by atoms with Gasteiger partial charge in [0.2, 0.25) is 5.91 Å². The van der Waals surface area contributed by atoms with Crippen molar-refractivity contribution in [3.8, 4) is 11.5 Å². The Morgan fingerprint density at radius 3 is 2.71 bits per heavy atom. The van der Waals surface area contributed by atoms with Crippen LogP contribution < -0.4 is 14.8 Å². The first-order chi connectivity index (χ1) is 11.6. The molecular formula is C19H20FNO3. The number of amides is 1. The number of ether oxygens (including phenoxy) is 2. The highest BCUT2D eigenvalue weighted by Gasteiger charge is 2.24. The molecule has 2 aromatic carbocycles. The molecule has 126 valence electrons. The van der Waals surface area contributed by atoms with Crippen LogP contribution in [0, 0.1) is 5.82 Å². The van der Waals surface area contributed by atoms with Crippen molar-refractivity contribution in [2.24, 2.45) is 0 Å². The molecule has 1 aliphatic rings. The summed E-state index contributed by atoms with van der Waals surface area (Å²) in [5, 5.41) is 3.04. The summed E-state index contributed by atoms with van der Waals surface area (Å²) in [4.78, 5) is 12.3. The standard InChI is InChI=1S/C19H20FNO3/c1-23-17-8-3-12(9-18(17)24-2)10-19(22)21-16-7-4-13-11-14(20)5-6-15(13)16/h3,5-6,8-9,11,16H,4,7,10H2,1-2H3,(H,21,22). The molecule has 0 radical (unpaired) electrons. The maximum absolute atomic E-state index is 13.3. The summed E-state index contributed by atoms with van der Waals surface area (Å²) in [5.74, 6) is 0.938. The van der Waals surface area contributed by atoms with Crippen LogP contribution in [0.2, 0.25) is 0 Å². The highest BCUT2D eigenvalue weighted by Crippen LogP contribution is 2.32. The van der Waals surface area contributed by atoms with Crippen molar-refractivity contribution < 1.29 is 18.7 Å². The zero-order chi connectivity index (χ0) is 17.1. The van der Waals surface area contributed by atoms with Crippen LogP contribution in [0.25, 0.3) is 0 Å². The monoisotopic (exact) mass is 329 g/mol. The van der Waals surface area contributed by atoms with Crippen LogP contribution in [0.1, 0.15) is 29.2 Å². The van der Waals surface area contributed by atoms with Gasteiger partial charge in [0.25, 0.3) is 0 Å². The predicted octanol–water partition coefficient (Wildman–Crippen LogP) is 3.19. The number of carbonyl (C=O) groups excluding carboxylic acids is 1. The van der Waals surface area contributed by atoms with Gasteiger partial charge in [0.15, 0.2) is 11.5 Å². The third-order valence-electron chi connectivity index (χ3n) is 4.33. The lowest BCUT2D eigenvalue weighted by atomic mass is 10.1. The second kappa shape index (κ2) is 6.91. The Labute approximate surface area is 140 Å². The molecule has 1 aliphatic carbocycles. The lowest BCUT2D eigenvalue weighted by Crippen LogP contribution is -2.28. The summed E-state index contributed by atoms with van der Waals surface area (Å²) in [7, 11) is 3.14. The lowest BCUT2D eigenvalue weighted by molar-refractivity contribution is -0.121. The first-order valence-corrected chi connectivity index (χ1v) is 7.89. The highest BCUT2D eigenvalue weighted by atomic mass is 19.1. The number of hydrogen-bond acceptors (Lipinski definition) is 3. The molecule has 1 N–H and O–H groups in total. The van der Waals surface area contributed by atoms with E-state index in [4.69, 9.17) is 9.47 Å². The second-order valence-electron chi connectivity index (χ2n) is 5.87. The number of aryl methyl sites for hydroxylation is 1. The zero-order valence-corrected chi connectivity index (χ0v) is 13.8. The summed E-state index contributed by atoms with van der Waals surface area (Å²) < 4.78 is 23.7. The summed E-state index contributed by atoms with van der Waals surface area (Å²) in [6, 6.07) is 10.1. The maximum Gasteiger partial charge on any atom is 0.224 e. The Kier molecular flexibility index (Phi) is 4.69. The van der Waals surface area contributed by atoms with Crippen LogP contribution in [0.15, 0.2) is 36.4 Å². The topological polar surface area (TPSA) is 47.6 Å². The second-order valence-corrected chi connectivity index (χ2v) is 5.87. The number of benzene rings is 2. The van der Waals surface area contributed by atoms with E-state index in [2.05, 4.69) is 5.32 Å². The van der Waals surface area contributed by atoms with Crippen molar-refractivity contribution in [2.45, 2.75) is 25.3 Å². The van der Waals surface area contributed by atoms with E-state index in [1.807, 2.05) is 6.07 Å². The largest absolute Gasteiger partial charge is 0.493 e. The average molecular weight is 329 g/mol. The van der Waals surface area contributed by atoms with Gasteiger partial charge in [0, 0.05) is 0 Å². The van der Waals surface area contributed by atoms with E-state index in [0.717, 1.165) is 29.5 Å². The van der Waals surface area contributed by atoms with E-state index in [9.17, 15) is 9.18 Å². The normalized spacial score (nSPS) is 15.7. The number of carbonyl (C=O) groups is 1. The summed E-state index contributed by atoms with van der Waals surface area (Å²) in [6.45, 7) is 0. The molecule has 3 rings (SSSR count). The van der Waals surface area contributed by atoms with Gasteiger partial charge in [-0.25, -0.2) is 4.39 Å². The Morgan fingerprint density at radius 1 is 1.17 bits per heavy atom. The van der Waals surface area contributed by atoms with Crippen LogP contribution in [0.5, 0.6) is 11.5 Å². The molecular weight excluding hydrogens is 309 g/mol. The first-order valence-electron chi connectivity index (χ1n) is 7.89. The molecule has 2 aromatic rings. The summed E-state index contributed by atoms with van der Waals surface area (Å²) in [5.41, 5.74) is 2.84. The fraction of sp³-hybridized carbons (Fsp3) is 0.316. The number of hydrogen-bond donors (Lipinski definition) is 1. The molecule has 0 fully saturated rings. The number of fused-ring (bicyclic) bond motifs is 1. The number of halogens is 1. The minimum Gasteiger partial charge on any atom is -0.493 e. The molecule has 1 atom stereocenters. The Bertz CT molecular complexity index is 760.